The molecule has 0 saturated heterocycles. The molecule has 0 radical (unpaired) electrons. The molecule has 6 heteroatoms. The van der Waals surface area contributed by atoms with E-state index in [9.17, 15) is 5.26 Å². The second-order valence-corrected chi connectivity index (χ2v) is 8.37. The molecule has 1 N–H and O–H groups in total. The topological polar surface area (TPSA) is 75.2 Å². The highest BCUT2D eigenvalue weighted by Crippen LogP contribution is 2.35. The standard InChI is InChI=1S/C26H25N5O/c1-17-3-9-21(10-4-17)24-23(20-11-7-18(13-27)8-12-20)30-26(32-2)25-29-22(16-31(24)25)15-28-14-19-5-6-19/h3-4,7-12,16,19,28H,5-6,14-15H2,1-2H3. The zero-order valence-electron chi connectivity index (χ0n) is 18.3. The van der Waals surface area contributed by atoms with Crippen molar-refractivity contribution >= 4 is 5.65 Å². The third kappa shape index (κ3) is 3.95. The van der Waals surface area contributed by atoms with E-state index in [0.29, 0.717) is 23.6 Å². The zero-order valence-corrected chi connectivity index (χ0v) is 18.3. The lowest BCUT2D eigenvalue weighted by molar-refractivity contribution is 0.400. The van der Waals surface area contributed by atoms with Crippen LogP contribution >= 0.6 is 0 Å². The number of aryl methyl sites for hydroxylation is 1. The number of fused-ring (bicyclic) bond motifs is 1. The minimum Gasteiger partial charge on any atom is -0.478 e. The second kappa shape index (κ2) is 8.45. The number of benzene rings is 2. The molecular formula is C26H25N5O. The average molecular weight is 424 g/mol. The van der Waals surface area contributed by atoms with Crippen LogP contribution in [0.4, 0.5) is 0 Å². The van der Waals surface area contributed by atoms with Crippen molar-refractivity contribution in [2.45, 2.75) is 26.3 Å². The van der Waals surface area contributed by atoms with E-state index in [1.807, 2.05) is 24.3 Å². The summed E-state index contributed by atoms with van der Waals surface area (Å²) in [6, 6.07) is 18.1. The summed E-state index contributed by atoms with van der Waals surface area (Å²) in [4.78, 5) is 9.70. The SMILES string of the molecule is COc1nc(-c2ccc(C#N)cc2)c(-c2ccc(C)cc2)n2cc(CNCC3CC3)nc12. The molecule has 0 aliphatic heterocycles. The van der Waals surface area contributed by atoms with Crippen molar-refractivity contribution in [2.24, 2.45) is 5.92 Å². The fraction of sp³-hybridized carbons (Fsp3) is 0.269. The summed E-state index contributed by atoms with van der Waals surface area (Å²) in [6.07, 6.45) is 4.71. The Morgan fingerprint density at radius 1 is 1.06 bits per heavy atom. The lowest BCUT2D eigenvalue weighted by Crippen LogP contribution is -2.16. The Morgan fingerprint density at radius 3 is 2.44 bits per heavy atom. The van der Waals surface area contributed by atoms with Gasteiger partial charge in [-0.1, -0.05) is 42.0 Å². The number of aromatic nitrogens is 3. The van der Waals surface area contributed by atoms with E-state index in [4.69, 9.17) is 14.7 Å². The van der Waals surface area contributed by atoms with E-state index in [-0.39, 0.29) is 0 Å². The first-order valence-corrected chi connectivity index (χ1v) is 10.9. The zero-order chi connectivity index (χ0) is 22.1. The highest BCUT2D eigenvalue weighted by atomic mass is 16.5. The van der Waals surface area contributed by atoms with Gasteiger partial charge in [0.2, 0.25) is 5.65 Å². The van der Waals surface area contributed by atoms with Gasteiger partial charge in [0.05, 0.1) is 35.8 Å². The van der Waals surface area contributed by atoms with Gasteiger partial charge >= 0.3 is 0 Å². The molecule has 0 amide bonds. The number of nitriles is 1. The lowest BCUT2D eigenvalue weighted by atomic mass is 10.0. The molecule has 0 unspecified atom stereocenters. The van der Waals surface area contributed by atoms with Gasteiger partial charge in [-0.25, -0.2) is 9.97 Å². The van der Waals surface area contributed by atoms with Gasteiger partial charge < -0.3 is 10.1 Å². The van der Waals surface area contributed by atoms with Crippen LogP contribution in [0.1, 0.15) is 29.7 Å². The van der Waals surface area contributed by atoms with Crippen LogP contribution in [0.25, 0.3) is 28.2 Å². The molecular weight excluding hydrogens is 398 g/mol. The number of imidazole rings is 1. The summed E-state index contributed by atoms with van der Waals surface area (Å²) in [5.41, 5.74) is 7.17. The molecule has 2 heterocycles. The second-order valence-electron chi connectivity index (χ2n) is 8.37. The Kier molecular flexibility index (Phi) is 5.34. The van der Waals surface area contributed by atoms with Gasteiger partial charge in [-0.05, 0) is 44.4 Å². The molecule has 0 bridgehead atoms. The summed E-state index contributed by atoms with van der Waals surface area (Å²) in [7, 11) is 1.62. The summed E-state index contributed by atoms with van der Waals surface area (Å²) < 4.78 is 7.72. The largest absolute Gasteiger partial charge is 0.478 e. The Labute approximate surface area is 187 Å². The van der Waals surface area contributed by atoms with Crippen LogP contribution in [0.3, 0.4) is 0 Å². The first kappa shape index (κ1) is 20.2. The summed E-state index contributed by atoms with van der Waals surface area (Å²) >= 11 is 0. The van der Waals surface area contributed by atoms with Crippen LogP contribution in [0.15, 0.2) is 54.7 Å². The van der Waals surface area contributed by atoms with Crippen LogP contribution < -0.4 is 10.1 Å². The van der Waals surface area contributed by atoms with Crippen molar-refractivity contribution in [3.05, 3.63) is 71.5 Å². The van der Waals surface area contributed by atoms with E-state index in [2.05, 4.69) is 53.2 Å². The Bertz CT molecular complexity index is 1300. The first-order valence-electron chi connectivity index (χ1n) is 10.9. The number of hydrogen-bond acceptors (Lipinski definition) is 5. The van der Waals surface area contributed by atoms with Crippen molar-refractivity contribution < 1.29 is 4.74 Å². The fourth-order valence-electron chi connectivity index (χ4n) is 3.91. The smallest absolute Gasteiger partial charge is 0.258 e. The first-order chi connectivity index (χ1) is 15.7. The van der Waals surface area contributed by atoms with Crippen molar-refractivity contribution in [1.29, 1.82) is 5.26 Å². The quantitative estimate of drug-likeness (QED) is 0.464. The van der Waals surface area contributed by atoms with Crippen molar-refractivity contribution in [3.63, 3.8) is 0 Å². The predicted octanol–water partition coefficient (Wildman–Crippen LogP) is 4.75. The van der Waals surface area contributed by atoms with Crippen molar-refractivity contribution in [3.8, 4) is 34.5 Å². The fourth-order valence-corrected chi connectivity index (χ4v) is 3.91. The molecule has 6 nitrogen and oxygen atoms in total. The number of nitrogens with zero attached hydrogens (tertiary/aromatic N) is 4. The molecule has 2 aromatic heterocycles. The van der Waals surface area contributed by atoms with Crippen molar-refractivity contribution in [1.82, 2.24) is 19.7 Å². The van der Waals surface area contributed by atoms with E-state index in [1.165, 1.54) is 18.4 Å². The molecule has 1 saturated carbocycles. The molecule has 4 aromatic rings. The molecule has 2 aromatic carbocycles. The van der Waals surface area contributed by atoms with E-state index in [1.54, 1.807) is 7.11 Å². The molecule has 5 rings (SSSR count). The van der Waals surface area contributed by atoms with E-state index >= 15 is 0 Å². The highest BCUT2D eigenvalue weighted by Gasteiger charge is 2.22. The molecule has 0 spiro atoms. The normalized spacial score (nSPS) is 13.3. The number of rotatable bonds is 7. The molecule has 1 fully saturated rings. The molecule has 1 aliphatic carbocycles. The van der Waals surface area contributed by atoms with Gasteiger partial charge in [0.1, 0.15) is 0 Å². The van der Waals surface area contributed by atoms with Crippen LogP contribution in [0, 0.1) is 24.2 Å². The van der Waals surface area contributed by atoms with Gasteiger partial charge in [-0.2, -0.15) is 5.26 Å². The van der Waals surface area contributed by atoms with Gasteiger partial charge in [-0.3, -0.25) is 4.40 Å². The molecule has 160 valence electrons. The Morgan fingerprint density at radius 2 is 1.78 bits per heavy atom. The predicted molar refractivity (Wildman–Crippen MR) is 124 cm³/mol. The maximum Gasteiger partial charge on any atom is 0.258 e. The Balaban J connectivity index is 1.68. The highest BCUT2D eigenvalue weighted by molar-refractivity contribution is 5.81. The van der Waals surface area contributed by atoms with Crippen LogP contribution in [0.5, 0.6) is 5.88 Å². The van der Waals surface area contributed by atoms with Gasteiger partial charge in [0.25, 0.3) is 5.88 Å². The summed E-state index contributed by atoms with van der Waals surface area (Å²) in [6.45, 7) is 3.82. The van der Waals surface area contributed by atoms with Gasteiger partial charge in [0.15, 0.2) is 0 Å². The van der Waals surface area contributed by atoms with E-state index in [0.717, 1.165) is 40.7 Å². The number of nitrogens with one attached hydrogen (secondary N) is 1. The third-order valence-corrected chi connectivity index (χ3v) is 5.87. The van der Waals surface area contributed by atoms with Crippen molar-refractivity contribution in [2.75, 3.05) is 13.7 Å². The minimum atomic E-state index is 0.480. The monoisotopic (exact) mass is 423 g/mol. The maximum absolute atomic E-state index is 9.19. The van der Waals surface area contributed by atoms with Crippen LogP contribution in [0.2, 0.25) is 0 Å². The van der Waals surface area contributed by atoms with Gasteiger partial charge in [-0.15, -0.1) is 0 Å². The maximum atomic E-state index is 9.19. The number of hydrogen-bond donors (Lipinski definition) is 1. The summed E-state index contributed by atoms with van der Waals surface area (Å²) in [5.74, 6) is 1.29. The summed E-state index contributed by atoms with van der Waals surface area (Å²) in [5, 5.41) is 12.7. The molecule has 32 heavy (non-hydrogen) atoms. The van der Waals surface area contributed by atoms with Crippen LogP contribution in [-0.4, -0.2) is 28.0 Å². The molecule has 0 atom stereocenters. The Hall–Kier alpha value is -3.69. The van der Waals surface area contributed by atoms with E-state index < -0.39 is 0 Å². The number of ether oxygens (including phenoxy) is 1. The number of methoxy groups -OCH3 is 1. The minimum absolute atomic E-state index is 0.480. The van der Waals surface area contributed by atoms with Gasteiger partial charge in [0, 0.05) is 23.9 Å². The lowest BCUT2D eigenvalue weighted by Gasteiger charge is -2.14. The average Bonchev–Trinajstić information content (AvgIpc) is 3.55. The van der Waals surface area contributed by atoms with Crippen LogP contribution in [-0.2, 0) is 6.54 Å². The third-order valence-electron chi connectivity index (χ3n) is 5.87. The molecule has 1 aliphatic rings.